The smallest absolute Gasteiger partial charge is 0.408 e. The maximum atomic E-state index is 12.3. The number of Topliss-reactive ketones (excluding diaryl/α,β-unsaturated/α-hetero) is 1. The molecule has 0 aliphatic carbocycles. The Labute approximate surface area is 125 Å². The molecule has 1 heterocycles. The first-order chi connectivity index (χ1) is 10.2. The molecule has 0 spiro atoms. The van der Waals surface area contributed by atoms with Gasteiger partial charge in [0.1, 0.15) is 0 Å². The highest BCUT2D eigenvalue weighted by Gasteiger charge is 2.13. The normalized spacial score (nSPS) is 10.9. The molecule has 0 amide bonds. The van der Waals surface area contributed by atoms with Gasteiger partial charge in [0.25, 0.3) is 0 Å². The van der Waals surface area contributed by atoms with Crippen molar-refractivity contribution in [2.75, 3.05) is 6.26 Å². The molecule has 0 aliphatic rings. The van der Waals surface area contributed by atoms with E-state index in [1.54, 1.807) is 42.1 Å². The van der Waals surface area contributed by atoms with Crippen molar-refractivity contribution in [3.8, 4) is 0 Å². The second-order valence-corrected chi connectivity index (χ2v) is 5.45. The quantitative estimate of drug-likeness (QED) is 0.548. The number of thioether (sulfide) groups is 1. The molecule has 3 aromatic rings. The molecular formula is C16H13NO3S. The zero-order chi connectivity index (χ0) is 14.8. The first-order valence-electron chi connectivity index (χ1n) is 6.44. The number of nitrogens with zero attached hydrogens (tertiary/aromatic N) is 1. The topological polar surface area (TPSA) is 52.2 Å². The number of hydrogen-bond acceptors (Lipinski definition) is 4. The lowest BCUT2D eigenvalue weighted by atomic mass is 10.1. The third-order valence-corrected chi connectivity index (χ3v) is 4.03. The minimum atomic E-state index is -0.509. The summed E-state index contributed by atoms with van der Waals surface area (Å²) in [6.45, 7) is -0.0194. The van der Waals surface area contributed by atoms with Gasteiger partial charge in [-0.15, -0.1) is 11.8 Å². The maximum absolute atomic E-state index is 12.3. The summed E-state index contributed by atoms with van der Waals surface area (Å²) in [4.78, 5) is 25.2. The highest BCUT2D eigenvalue weighted by molar-refractivity contribution is 7.98. The summed E-state index contributed by atoms with van der Waals surface area (Å²) in [5.74, 6) is -0.624. The van der Waals surface area contributed by atoms with E-state index in [9.17, 15) is 9.59 Å². The van der Waals surface area contributed by atoms with Gasteiger partial charge >= 0.3 is 5.76 Å². The van der Waals surface area contributed by atoms with Crippen molar-refractivity contribution in [3.63, 3.8) is 0 Å². The second-order valence-electron chi connectivity index (χ2n) is 4.57. The van der Waals surface area contributed by atoms with Crippen LogP contribution in [-0.2, 0) is 6.54 Å². The molecule has 4 nitrogen and oxygen atoms in total. The van der Waals surface area contributed by atoms with Gasteiger partial charge in [0.15, 0.2) is 11.4 Å². The number of benzene rings is 2. The lowest BCUT2D eigenvalue weighted by molar-refractivity contribution is 0.0970. The molecule has 0 saturated carbocycles. The maximum Gasteiger partial charge on any atom is 0.420 e. The van der Waals surface area contributed by atoms with Crippen LogP contribution in [0.15, 0.2) is 62.6 Å². The van der Waals surface area contributed by atoms with Crippen LogP contribution in [0.2, 0.25) is 0 Å². The van der Waals surface area contributed by atoms with E-state index in [-0.39, 0.29) is 12.3 Å². The average Bonchev–Trinajstić information content (AvgIpc) is 2.83. The van der Waals surface area contributed by atoms with E-state index in [2.05, 4.69) is 0 Å². The molecule has 5 heteroatoms. The zero-order valence-corrected chi connectivity index (χ0v) is 12.2. The number of ketones is 1. The summed E-state index contributed by atoms with van der Waals surface area (Å²) in [5.41, 5.74) is 1.72. The number of fused-ring (bicyclic) bond motifs is 1. The van der Waals surface area contributed by atoms with Crippen molar-refractivity contribution in [3.05, 3.63) is 64.6 Å². The van der Waals surface area contributed by atoms with Gasteiger partial charge in [0.05, 0.1) is 12.1 Å². The van der Waals surface area contributed by atoms with Crippen LogP contribution in [0.4, 0.5) is 0 Å². The van der Waals surface area contributed by atoms with Crippen molar-refractivity contribution in [1.82, 2.24) is 4.57 Å². The first kappa shape index (κ1) is 13.7. The lowest BCUT2D eigenvalue weighted by Crippen LogP contribution is -2.20. The molecule has 2 aromatic carbocycles. The minimum Gasteiger partial charge on any atom is -0.408 e. The Morgan fingerprint density at radius 2 is 1.86 bits per heavy atom. The van der Waals surface area contributed by atoms with Gasteiger partial charge < -0.3 is 4.42 Å². The van der Waals surface area contributed by atoms with Crippen molar-refractivity contribution in [2.24, 2.45) is 0 Å². The largest absolute Gasteiger partial charge is 0.420 e. The Balaban J connectivity index is 1.92. The summed E-state index contributed by atoms with van der Waals surface area (Å²) >= 11 is 1.62. The van der Waals surface area contributed by atoms with Gasteiger partial charge in [-0.05, 0) is 30.5 Å². The lowest BCUT2D eigenvalue weighted by Gasteiger charge is -2.03. The van der Waals surface area contributed by atoms with Crippen molar-refractivity contribution in [2.45, 2.75) is 11.4 Å². The highest BCUT2D eigenvalue weighted by atomic mass is 32.2. The van der Waals surface area contributed by atoms with E-state index in [1.165, 1.54) is 4.57 Å². The molecule has 0 atom stereocenters. The monoisotopic (exact) mass is 299 g/mol. The number of carbonyl (C=O) groups is 1. The third-order valence-electron chi connectivity index (χ3n) is 3.29. The number of para-hydroxylation sites is 2. The zero-order valence-electron chi connectivity index (χ0n) is 11.4. The van der Waals surface area contributed by atoms with Crippen LogP contribution < -0.4 is 5.76 Å². The van der Waals surface area contributed by atoms with Crippen molar-refractivity contribution >= 4 is 28.6 Å². The molecule has 0 saturated heterocycles. The van der Waals surface area contributed by atoms with E-state index in [4.69, 9.17) is 4.42 Å². The van der Waals surface area contributed by atoms with Gasteiger partial charge in [-0.1, -0.05) is 24.3 Å². The average molecular weight is 299 g/mol. The standard InChI is InChI=1S/C16H13NO3S/c1-21-12-8-6-11(7-9-12)14(18)10-17-13-4-2-3-5-15(13)20-16(17)19/h2-9H,10H2,1H3. The molecular weight excluding hydrogens is 286 g/mol. The van der Waals surface area contributed by atoms with E-state index in [1.807, 2.05) is 24.5 Å². The SMILES string of the molecule is CSc1ccc(C(=O)Cn2c(=O)oc3ccccc32)cc1. The van der Waals surface area contributed by atoms with E-state index < -0.39 is 5.76 Å². The Kier molecular flexibility index (Phi) is 3.66. The Morgan fingerprint density at radius 1 is 1.14 bits per heavy atom. The molecule has 106 valence electrons. The van der Waals surface area contributed by atoms with Crippen LogP contribution in [0, 0.1) is 0 Å². The second kappa shape index (κ2) is 5.61. The highest BCUT2D eigenvalue weighted by Crippen LogP contribution is 2.16. The van der Waals surface area contributed by atoms with E-state index in [0.717, 1.165) is 4.90 Å². The van der Waals surface area contributed by atoms with Gasteiger partial charge in [0, 0.05) is 10.5 Å². The molecule has 0 unspecified atom stereocenters. The summed E-state index contributed by atoms with van der Waals surface area (Å²) in [6, 6.07) is 14.4. The molecule has 0 radical (unpaired) electrons. The Morgan fingerprint density at radius 3 is 2.57 bits per heavy atom. The predicted octanol–water partition coefficient (Wildman–Crippen LogP) is 3.20. The minimum absolute atomic E-state index is 0.0194. The first-order valence-corrected chi connectivity index (χ1v) is 7.67. The number of oxazole rings is 1. The van der Waals surface area contributed by atoms with Crippen LogP contribution in [0.1, 0.15) is 10.4 Å². The van der Waals surface area contributed by atoms with Crippen LogP contribution in [0.25, 0.3) is 11.1 Å². The fourth-order valence-electron chi connectivity index (χ4n) is 2.18. The van der Waals surface area contributed by atoms with Gasteiger partial charge in [-0.25, -0.2) is 4.79 Å². The fourth-order valence-corrected chi connectivity index (χ4v) is 2.58. The van der Waals surface area contributed by atoms with Crippen LogP contribution in [-0.4, -0.2) is 16.6 Å². The molecule has 0 bridgehead atoms. The number of hydrogen-bond donors (Lipinski definition) is 0. The number of aromatic nitrogens is 1. The van der Waals surface area contributed by atoms with Crippen molar-refractivity contribution in [1.29, 1.82) is 0 Å². The molecule has 0 aliphatic heterocycles. The van der Waals surface area contributed by atoms with Crippen LogP contribution >= 0.6 is 11.8 Å². The summed E-state index contributed by atoms with van der Waals surface area (Å²) in [5, 5.41) is 0. The molecule has 21 heavy (non-hydrogen) atoms. The summed E-state index contributed by atoms with van der Waals surface area (Å²) in [7, 11) is 0. The summed E-state index contributed by atoms with van der Waals surface area (Å²) < 4.78 is 6.49. The number of rotatable bonds is 4. The number of carbonyl (C=O) groups excluding carboxylic acids is 1. The van der Waals surface area contributed by atoms with E-state index >= 15 is 0 Å². The van der Waals surface area contributed by atoms with Gasteiger partial charge in [-0.2, -0.15) is 0 Å². The third kappa shape index (κ3) is 2.64. The van der Waals surface area contributed by atoms with Crippen molar-refractivity contribution < 1.29 is 9.21 Å². The summed E-state index contributed by atoms with van der Waals surface area (Å²) in [6.07, 6.45) is 1.98. The van der Waals surface area contributed by atoms with E-state index in [0.29, 0.717) is 16.7 Å². The van der Waals surface area contributed by atoms with Crippen LogP contribution in [0.5, 0.6) is 0 Å². The predicted molar refractivity (Wildman–Crippen MR) is 83.0 cm³/mol. The van der Waals surface area contributed by atoms with Gasteiger partial charge in [0.2, 0.25) is 0 Å². The molecule has 0 N–H and O–H groups in total. The Bertz CT molecular complexity index is 846. The van der Waals surface area contributed by atoms with Crippen LogP contribution in [0.3, 0.4) is 0 Å². The molecule has 3 rings (SSSR count). The molecule has 1 aromatic heterocycles. The molecule has 0 fully saturated rings. The Hall–Kier alpha value is -2.27. The van der Waals surface area contributed by atoms with Gasteiger partial charge in [-0.3, -0.25) is 9.36 Å². The fraction of sp³-hybridized carbons (Fsp3) is 0.125.